The number of nitrogens with two attached hydrogens (primary N) is 1. The molecule has 0 atom stereocenters. The number of aromatic nitrogens is 2. The van der Waals surface area contributed by atoms with Crippen LogP contribution in [0.25, 0.3) is 0 Å². The van der Waals surface area contributed by atoms with E-state index in [1.54, 1.807) is 6.07 Å². The summed E-state index contributed by atoms with van der Waals surface area (Å²) in [5.41, 5.74) is 3.16. The van der Waals surface area contributed by atoms with E-state index < -0.39 is 12.8 Å². The van der Waals surface area contributed by atoms with Crippen LogP contribution in [-0.4, -0.2) is 22.8 Å². The van der Waals surface area contributed by atoms with E-state index >= 15 is 0 Å². The van der Waals surface area contributed by atoms with Crippen LogP contribution in [0.3, 0.4) is 0 Å². The zero-order valence-corrected chi connectivity index (χ0v) is 9.50. The molecule has 0 radical (unpaired) electrons. The van der Waals surface area contributed by atoms with Crippen molar-refractivity contribution in [3.05, 3.63) is 17.6 Å². The minimum atomic E-state index is -4.34. The maximum atomic E-state index is 11.9. The van der Waals surface area contributed by atoms with Crippen molar-refractivity contribution in [2.75, 3.05) is 12.0 Å². The van der Waals surface area contributed by atoms with Crippen LogP contribution < -0.4 is 11.3 Å². The van der Waals surface area contributed by atoms with Gasteiger partial charge in [0.05, 0.1) is 0 Å². The lowest BCUT2D eigenvalue weighted by atomic mass is 10.3. The third-order valence-corrected chi connectivity index (χ3v) is 2.43. The fraction of sp³-hybridized carbons (Fsp3) is 0.600. The zero-order valence-electron chi connectivity index (χ0n) is 9.50. The fourth-order valence-electron chi connectivity index (χ4n) is 1.50. The monoisotopic (exact) mass is 262 g/mol. The molecule has 1 aromatic heterocycles. The maximum Gasteiger partial charge on any atom is 0.411 e. The Bertz CT molecular complexity index is 420. The molecule has 1 aliphatic rings. The summed E-state index contributed by atoms with van der Waals surface area (Å²) in [7, 11) is 0. The SMILES string of the molecule is NNc1cc(C2CC2)nc(COCC(F)(F)F)n1. The second-order valence-corrected chi connectivity index (χ2v) is 4.12. The Morgan fingerprint density at radius 2 is 2.11 bits per heavy atom. The molecule has 100 valence electrons. The van der Waals surface area contributed by atoms with Gasteiger partial charge in [0.1, 0.15) is 19.0 Å². The number of hydrazine groups is 1. The molecule has 0 amide bonds. The quantitative estimate of drug-likeness (QED) is 0.624. The molecule has 1 aromatic rings. The van der Waals surface area contributed by atoms with E-state index in [4.69, 9.17) is 5.84 Å². The highest BCUT2D eigenvalue weighted by Gasteiger charge is 2.28. The number of nitrogen functional groups attached to an aromatic ring is 1. The molecule has 0 unspecified atom stereocenters. The third kappa shape index (κ3) is 3.81. The third-order valence-electron chi connectivity index (χ3n) is 2.43. The lowest BCUT2D eigenvalue weighted by Crippen LogP contribution is -2.18. The molecule has 0 bridgehead atoms. The average Bonchev–Trinajstić information content (AvgIpc) is 3.10. The summed E-state index contributed by atoms with van der Waals surface area (Å²) in [6.07, 6.45) is -2.28. The van der Waals surface area contributed by atoms with Gasteiger partial charge in [-0.1, -0.05) is 0 Å². The number of rotatable bonds is 5. The van der Waals surface area contributed by atoms with Gasteiger partial charge in [0, 0.05) is 17.7 Å². The Morgan fingerprint density at radius 3 is 2.67 bits per heavy atom. The summed E-state index contributed by atoms with van der Waals surface area (Å²) in [6, 6.07) is 1.70. The van der Waals surface area contributed by atoms with Crippen LogP contribution in [-0.2, 0) is 11.3 Å². The van der Waals surface area contributed by atoms with E-state index in [0.717, 1.165) is 18.5 Å². The maximum absolute atomic E-state index is 11.9. The molecule has 0 aromatic carbocycles. The van der Waals surface area contributed by atoms with Gasteiger partial charge in [0.25, 0.3) is 0 Å². The van der Waals surface area contributed by atoms with Gasteiger partial charge in [-0.05, 0) is 12.8 Å². The summed E-state index contributed by atoms with van der Waals surface area (Å²) in [4.78, 5) is 8.11. The topological polar surface area (TPSA) is 73.1 Å². The molecule has 0 spiro atoms. The summed E-state index contributed by atoms with van der Waals surface area (Å²) in [6.45, 7) is -1.59. The molecule has 0 aliphatic heterocycles. The van der Waals surface area contributed by atoms with Crippen molar-refractivity contribution < 1.29 is 17.9 Å². The number of hydrogen-bond acceptors (Lipinski definition) is 5. The van der Waals surface area contributed by atoms with Gasteiger partial charge in [-0.2, -0.15) is 13.2 Å². The van der Waals surface area contributed by atoms with Crippen molar-refractivity contribution >= 4 is 5.82 Å². The highest BCUT2D eigenvalue weighted by atomic mass is 19.4. The van der Waals surface area contributed by atoms with Gasteiger partial charge in [-0.3, -0.25) is 0 Å². The Morgan fingerprint density at radius 1 is 1.39 bits per heavy atom. The first-order chi connectivity index (χ1) is 8.48. The van der Waals surface area contributed by atoms with Gasteiger partial charge >= 0.3 is 6.18 Å². The summed E-state index contributed by atoms with van der Waals surface area (Å²) < 4.78 is 40.3. The van der Waals surface area contributed by atoms with Gasteiger partial charge < -0.3 is 10.2 Å². The number of anilines is 1. The van der Waals surface area contributed by atoms with Crippen molar-refractivity contribution in [3.8, 4) is 0 Å². The van der Waals surface area contributed by atoms with Crippen LogP contribution in [0.5, 0.6) is 0 Å². The van der Waals surface area contributed by atoms with E-state index in [-0.39, 0.29) is 12.4 Å². The first-order valence-electron chi connectivity index (χ1n) is 5.47. The van der Waals surface area contributed by atoms with Crippen molar-refractivity contribution in [1.82, 2.24) is 9.97 Å². The number of alkyl halides is 3. The Labute approximate surface area is 102 Å². The van der Waals surface area contributed by atoms with Crippen LogP contribution in [0.4, 0.5) is 19.0 Å². The molecule has 1 aliphatic carbocycles. The minimum absolute atomic E-state index is 0.205. The van der Waals surface area contributed by atoms with Crippen molar-refractivity contribution in [1.29, 1.82) is 0 Å². The fourth-order valence-corrected chi connectivity index (χ4v) is 1.50. The number of nitrogens with one attached hydrogen (secondary N) is 1. The predicted molar refractivity (Wildman–Crippen MR) is 57.5 cm³/mol. The molecule has 2 rings (SSSR count). The van der Waals surface area contributed by atoms with Crippen LogP contribution in [0.2, 0.25) is 0 Å². The molecule has 5 nitrogen and oxygen atoms in total. The Hall–Kier alpha value is -1.41. The smallest absolute Gasteiger partial charge is 0.364 e. The first-order valence-corrected chi connectivity index (χ1v) is 5.47. The van der Waals surface area contributed by atoms with Crippen LogP contribution in [0.15, 0.2) is 6.07 Å². The van der Waals surface area contributed by atoms with Crippen LogP contribution in [0, 0.1) is 0 Å². The largest absolute Gasteiger partial charge is 0.411 e. The number of nitrogens with zero attached hydrogens (tertiary/aromatic N) is 2. The van der Waals surface area contributed by atoms with E-state index in [1.165, 1.54) is 0 Å². The average molecular weight is 262 g/mol. The molecule has 1 fully saturated rings. The molecule has 3 N–H and O–H groups in total. The minimum Gasteiger partial charge on any atom is -0.364 e. The lowest BCUT2D eigenvalue weighted by Gasteiger charge is -2.09. The van der Waals surface area contributed by atoms with E-state index in [0.29, 0.717) is 11.7 Å². The molecule has 0 saturated heterocycles. The highest BCUT2D eigenvalue weighted by Crippen LogP contribution is 2.39. The van der Waals surface area contributed by atoms with Gasteiger partial charge in [-0.15, -0.1) is 0 Å². The van der Waals surface area contributed by atoms with Crippen LogP contribution >= 0.6 is 0 Å². The van der Waals surface area contributed by atoms with Crippen LogP contribution in [0.1, 0.15) is 30.3 Å². The number of hydrogen-bond donors (Lipinski definition) is 2. The lowest BCUT2D eigenvalue weighted by molar-refractivity contribution is -0.177. The molecule has 8 heteroatoms. The molecule has 1 saturated carbocycles. The second kappa shape index (κ2) is 5.07. The summed E-state index contributed by atoms with van der Waals surface area (Å²) >= 11 is 0. The van der Waals surface area contributed by atoms with E-state index in [1.807, 2.05) is 0 Å². The standard InChI is InChI=1S/C10H13F3N4O/c11-10(12,13)5-18-4-9-15-7(6-1-2-6)3-8(16-9)17-14/h3,6H,1-2,4-5,14H2,(H,15,16,17). The Balaban J connectivity index is 2.00. The van der Waals surface area contributed by atoms with E-state index in [2.05, 4.69) is 20.1 Å². The van der Waals surface area contributed by atoms with Crippen molar-refractivity contribution in [3.63, 3.8) is 0 Å². The summed E-state index contributed by atoms with van der Waals surface area (Å²) in [5.74, 6) is 6.20. The van der Waals surface area contributed by atoms with E-state index in [9.17, 15) is 13.2 Å². The Kier molecular flexibility index (Phi) is 3.67. The normalized spacial score (nSPS) is 15.8. The van der Waals surface area contributed by atoms with Crippen molar-refractivity contribution in [2.24, 2.45) is 5.84 Å². The number of halogens is 3. The molecular formula is C10H13F3N4O. The van der Waals surface area contributed by atoms with Gasteiger partial charge in [0.2, 0.25) is 0 Å². The van der Waals surface area contributed by atoms with Gasteiger partial charge in [-0.25, -0.2) is 15.8 Å². The highest BCUT2D eigenvalue weighted by molar-refractivity contribution is 5.36. The first kappa shape index (κ1) is 13.0. The molecule has 1 heterocycles. The second-order valence-electron chi connectivity index (χ2n) is 4.12. The molecule has 18 heavy (non-hydrogen) atoms. The number of ether oxygens (including phenoxy) is 1. The van der Waals surface area contributed by atoms with Crippen molar-refractivity contribution in [2.45, 2.75) is 31.5 Å². The summed E-state index contributed by atoms with van der Waals surface area (Å²) in [5, 5.41) is 0. The van der Waals surface area contributed by atoms with Gasteiger partial charge in [0.15, 0.2) is 5.82 Å². The predicted octanol–water partition coefficient (Wildman–Crippen LogP) is 1.72. The zero-order chi connectivity index (χ0) is 13.2. The molecular weight excluding hydrogens is 249 g/mol.